The van der Waals surface area contributed by atoms with E-state index in [9.17, 15) is 4.39 Å². The van der Waals surface area contributed by atoms with Crippen molar-refractivity contribution in [2.75, 3.05) is 0 Å². The van der Waals surface area contributed by atoms with Gasteiger partial charge in [-0.3, -0.25) is 4.57 Å². The highest BCUT2D eigenvalue weighted by Gasteiger charge is 2.24. The molecule has 0 N–H and O–H groups in total. The van der Waals surface area contributed by atoms with Crippen LogP contribution < -0.4 is 0 Å². The number of hydrogen-bond donors (Lipinski definition) is 0. The SMILES string of the molecule is Fc1ccc(-c2cnc3n2C2=CC=CCC2=Cn2cccc2-3)cc1. The van der Waals surface area contributed by atoms with E-state index in [2.05, 4.69) is 44.6 Å². The molecule has 0 unspecified atom stereocenters. The predicted molar refractivity (Wildman–Crippen MR) is 93.3 cm³/mol. The van der Waals surface area contributed by atoms with Crippen LogP contribution in [0, 0.1) is 5.82 Å². The monoisotopic (exact) mass is 315 g/mol. The Kier molecular flexibility index (Phi) is 2.73. The molecular formula is C20H14FN3. The highest BCUT2D eigenvalue weighted by atomic mass is 19.1. The van der Waals surface area contributed by atoms with Crippen LogP contribution in [0.3, 0.4) is 0 Å². The number of rotatable bonds is 1. The van der Waals surface area contributed by atoms with Gasteiger partial charge in [-0.05, 0) is 54.5 Å². The molecule has 0 saturated carbocycles. The molecule has 0 radical (unpaired) electrons. The molecule has 2 aliphatic rings. The Morgan fingerprint density at radius 1 is 1.04 bits per heavy atom. The normalized spacial score (nSPS) is 15.0. The summed E-state index contributed by atoms with van der Waals surface area (Å²) in [6.07, 6.45) is 13.3. The molecule has 0 amide bonds. The summed E-state index contributed by atoms with van der Waals surface area (Å²) in [5.74, 6) is 0.663. The lowest BCUT2D eigenvalue weighted by atomic mass is 10.0. The second kappa shape index (κ2) is 4.93. The Hall–Kier alpha value is -3.14. The Labute approximate surface area is 138 Å². The van der Waals surface area contributed by atoms with Gasteiger partial charge in [-0.25, -0.2) is 9.37 Å². The Bertz CT molecular complexity index is 1030. The summed E-state index contributed by atoms with van der Waals surface area (Å²) in [4.78, 5) is 4.67. The summed E-state index contributed by atoms with van der Waals surface area (Å²) in [6.45, 7) is 0. The summed E-state index contributed by atoms with van der Waals surface area (Å²) in [5, 5.41) is 0. The fourth-order valence-corrected chi connectivity index (χ4v) is 3.37. The third-order valence-corrected chi connectivity index (χ3v) is 4.50. The van der Waals surface area contributed by atoms with E-state index >= 15 is 0 Å². The lowest BCUT2D eigenvalue weighted by molar-refractivity contribution is 0.628. The molecule has 3 nitrogen and oxygen atoms in total. The Morgan fingerprint density at radius 2 is 1.92 bits per heavy atom. The van der Waals surface area contributed by atoms with E-state index in [0.717, 1.165) is 34.9 Å². The van der Waals surface area contributed by atoms with Crippen molar-refractivity contribution in [3.8, 4) is 22.8 Å². The summed E-state index contributed by atoms with van der Waals surface area (Å²) in [7, 11) is 0. The third-order valence-electron chi connectivity index (χ3n) is 4.50. The largest absolute Gasteiger partial charge is 0.320 e. The van der Waals surface area contributed by atoms with Crippen LogP contribution in [-0.4, -0.2) is 14.1 Å². The molecule has 4 heteroatoms. The molecule has 0 atom stereocenters. The summed E-state index contributed by atoms with van der Waals surface area (Å²) in [5.41, 5.74) is 5.31. The van der Waals surface area contributed by atoms with Gasteiger partial charge in [0.15, 0.2) is 5.82 Å². The van der Waals surface area contributed by atoms with E-state index < -0.39 is 0 Å². The zero-order chi connectivity index (χ0) is 16.1. The Morgan fingerprint density at radius 3 is 2.79 bits per heavy atom. The van der Waals surface area contributed by atoms with Crippen LogP contribution in [0.25, 0.3) is 34.7 Å². The zero-order valence-electron chi connectivity index (χ0n) is 12.9. The first-order valence-corrected chi connectivity index (χ1v) is 7.90. The maximum atomic E-state index is 13.3. The minimum atomic E-state index is -0.233. The zero-order valence-corrected chi connectivity index (χ0v) is 12.9. The lowest BCUT2D eigenvalue weighted by Gasteiger charge is -2.17. The van der Waals surface area contributed by atoms with Crippen LogP contribution in [0.15, 0.2) is 72.6 Å². The number of imidazole rings is 1. The average Bonchev–Trinajstić information content (AvgIpc) is 3.20. The highest BCUT2D eigenvalue weighted by molar-refractivity contribution is 5.84. The molecule has 0 bridgehead atoms. The van der Waals surface area contributed by atoms with Crippen LogP contribution in [0.2, 0.25) is 0 Å². The summed E-state index contributed by atoms with van der Waals surface area (Å²) in [6, 6.07) is 10.7. The average molecular weight is 315 g/mol. The molecule has 1 aliphatic heterocycles. The molecule has 3 heterocycles. The molecule has 0 spiro atoms. The van der Waals surface area contributed by atoms with Crippen LogP contribution in [0.1, 0.15) is 6.42 Å². The fraction of sp³-hybridized carbons (Fsp3) is 0.0500. The number of nitrogens with zero attached hydrogens (tertiary/aromatic N) is 3. The van der Waals surface area contributed by atoms with E-state index in [-0.39, 0.29) is 5.82 Å². The van der Waals surface area contributed by atoms with Crippen molar-refractivity contribution in [3.63, 3.8) is 0 Å². The smallest absolute Gasteiger partial charge is 0.162 e. The number of allylic oxidation sites excluding steroid dienone is 5. The molecule has 3 aromatic rings. The molecule has 116 valence electrons. The van der Waals surface area contributed by atoms with Crippen molar-refractivity contribution in [2.45, 2.75) is 6.42 Å². The van der Waals surface area contributed by atoms with Crippen molar-refractivity contribution in [1.82, 2.24) is 14.1 Å². The van der Waals surface area contributed by atoms with Gasteiger partial charge in [-0.2, -0.15) is 0 Å². The van der Waals surface area contributed by atoms with Crippen LogP contribution >= 0.6 is 0 Å². The molecule has 5 rings (SSSR count). The van der Waals surface area contributed by atoms with Crippen LogP contribution in [-0.2, 0) is 0 Å². The standard InChI is InChI=1S/C20H14FN3/c21-16-9-7-14(8-10-16)19-12-22-20-18-6-3-11-23(18)13-15-4-1-2-5-17(15)24(19)20/h1-3,5-13H,4H2. The van der Waals surface area contributed by atoms with E-state index in [1.54, 1.807) is 12.1 Å². The minimum Gasteiger partial charge on any atom is -0.320 e. The van der Waals surface area contributed by atoms with Gasteiger partial charge < -0.3 is 4.57 Å². The first kappa shape index (κ1) is 13.3. The van der Waals surface area contributed by atoms with Crippen molar-refractivity contribution >= 4 is 11.9 Å². The van der Waals surface area contributed by atoms with Gasteiger partial charge in [0.2, 0.25) is 0 Å². The topological polar surface area (TPSA) is 22.8 Å². The maximum absolute atomic E-state index is 13.3. The molecule has 1 aromatic carbocycles. The maximum Gasteiger partial charge on any atom is 0.162 e. The van der Waals surface area contributed by atoms with Gasteiger partial charge in [0.25, 0.3) is 0 Å². The van der Waals surface area contributed by atoms with Gasteiger partial charge in [0, 0.05) is 18.0 Å². The van der Waals surface area contributed by atoms with Gasteiger partial charge in [0.1, 0.15) is 5.82 Å². The third kappa shape index (κ3) is 1.86. The van der Waals surface area contributed by atoms with Crippen LogP contribution in [0.4, 0.5) is 4.39 Å². The van der Waals surface area contributed by atoms with Crippen molar-refractivity contribution < 1.29 is 4.39 Å². The summed E-state index contributed by atoms with van der Waals surface area (Å²) < 4.78 is 17.6. The molecule has 1 aliphatic carbocycles. The minimum absolute atomic E-state index is 0.233. The van der Waals surface area contributed by atoms with Gasteiger partial charge in [0.05, 0.1) is 23.3 Å². The molecule has 0 saturated heterocycles. The Balaban J connectivity index is 1.82. The first-order valence-electron chi connectivity index (χ1n) is 7.90. The number of fused-ring (bicyclic) bond motifs is 5. The molecule has 0 fully saturated rings. The fourth-order valence-electron chi connectivity index (χ4n) is 3.37. The second-order valence-electron chi connectivity index (χ2n) is 5.95. The van der Waals surface area contributed by atoms with Gasteiger partial charge >= 0.3 is 0 Å². The molecular weight excluding hydrogens is 301 g/mol. The van der Waals surface area contributed by atoms with Gasteiger partial charge in [-0.15, -0.1) is 0 Å². The van der Waals surface area contributed by atoms with Crippen molar-refractivity contribution in [2.24, 2.45) is 0 Å². The molecule has 2 aromatic heterocycles. The lowest BCUT2D eigenvalue weighted by Crippen LogP contribution is -2.04. The van der Waals surface area contributed by atoms with Crippen molar-refractivity contribution in [1.29, 1.82) is 0 Å². The predicted octanol–water partition coefficient (Wildman–Crippen LogP) is 4.81. The quantitative estimate of drug-likeness (QED) is 0.631. The van der Waals surface area contributed by atoms with E-state index in [0.29, 0.717) is 0 Å². The van der Waals surface area contributed by atoms with Crippen LogP contribution in [0.5, 0.6) is 0 Å². The van der Waals surface area contributed by atoms with Crippen molar-refractivity contribution in [3.05, 3.63) is 78.4 Å². The number of halogens is 1. The van der Waals surface area contributed by atoms with E-state index in [1.807, 2.05) is 18.5 Å². The number of benzene rings is 1. The first-order chi connectivity index (χ1) is 11.8. The summed E-state index contributed by atoms with van der Waals surface area (Å²) >= 11 is 0. The second-order valence-corrected chi connectivity index (χ2v) is 5.95. The molecule has 24 heavy (non-hydrogen) atoms. The van der Waals surface area contributed by atoms with E-state index in [1.165, 1.54) is 17.7 Å². The van der Waals surface area contributed by atoms with E-state index in [4.69, 9.17) is 0 Å². The number of aromatic nitrogens is 3. The number of hydrogen-bond acceptors (Lipinski definition) is 1. The highest BCUT2D eigenvalue weighted by Crippen LogP contribution is 2.38. The van der Waals surface area contributed by atoms with Gasteiger partial charge in [-0.1, -0.05) is 12.2 Å².